The van der Waals surface area contributed by atoms with Crippen molar-refractivity contribution in [1.82, 2.24) is 14.7 Å². The molecule has 2 N–H and O–H groups in total. The number of halogens is 1. The molecule has 0 bridgehead atoms. The van der Waals surface area contributed by atoms with Crippen molar-refractivity contribution in [3.8, 4) is 5.69 Å². The van der Waals surface area contributed by atoms with Gasteiger partial charge in [0.05, 0.1) is 11.8 Å². The number of hydrogen-bond acceptors (Lipinski definition) is 3. The van der Waals surface area contributed by atoms with Gasteiger partial charge in [0.15, 0.2) is 5.82 Å². The molecule has 0 spiro atoms. The van der Waals surface area contributed by atoms with Crippen LogP contribution >= 0.6 is 11.6 Å². The van der Waals surface area contributed by atoms with E-state index in [0.29, 0.717) is 23.3 Å². The van der Waals surface area contributed by atoms with Gasteiger partial charge >= 0.3 is 6.03 Å². The molecule has 1 saturated carbocycles. The molecule has 1 unspecified atom stereocenters. The summed E-state index contributed by atoms with van der Waals surface area (Å²) in [5, 5.41) is 17.7. The zero-order valence-electron chi connectivity index (χ0n) is 13.7. The number of aliphatic hydroxyl groups excluding tert-OH is 1. The summed E-state index contributed by atoms with van der Waals surface area (Å²) in [7, 11) is 1.67. The van der Waals surface area contributed by atoms with Crippen LogP contribution < -0.4 is 5.32 Å². The van der Waals surface area contributed by atoms with E-state index in [1.165, 1.54) is 4.90 Å². The van der Waals surface area contributed by atoms with Gasteiger partial charge in [-0.05, 0) is 43.9 Å². The second kappa shape index (κ2) is 6.83. The van der Waals surface area contributed by atoms with E-state index < -0.39 is 6.10 Å². The summed E-state index contributed by atoms with van der Waals surface area (Å²) in [5.41, 5.74) is 1.71. The molecular weight excluding hydrogens is 328 g/mol. The van der Waals surface area contributed by atoms with Gasteiger partial charge in [0.1, 0.15) is 0 Å². The van der Waals surface area contributed by atoms with Crippen molar-refractivity contribution in [3.05, 3.63) is 41.0 Å². The third-order valence-electron chi connectivity index (χ3n) is 4.15. The molecule has 3 rings (SSSR count). The van der Waals surface area contributed by atoms with Crippen molar-refractivity contribution in [2.45, 2.75) is 25.9 Å². The van der Waals surface area contributed by atoms with Crippen molar-refractivity contribution in [1.29, 1.82) is 0 Å². The van der Waals surface area contributed by atoms with Crippen molar-refractivity contribution in [3.63, 3.8) is 0 Å². The monoisotopic (exact) mass is 348 g/mol. The lowest BCUT2D eigenvalue weighted by Crippen LogP contribution is -2.38. The Hall–Kier alpha value is -2.05. The Morgan fingerprint density at radius 3 is 2.92 bits per heavy atom. The molecule has 128 valence electrons. The average Bonchev–Trinajstić information content (AvgIpc) is 3.31. The maximum absolute atomic E-state index is 12.2. The van der Waals surface area contributed by atoms with Gasteiger partial charge in [-0.25, -0.2) is 9.48 Å². The number of likely N-dealkylation sites (N-methyl/N-ethyl adjacent to an activating group) is 1. The largest absolute Gasteiger partial charge is 0.391 e. The van der Waals surface area contributed by atoms with E-state index >= 15 is 0 Å². The summed E-state index contributed by atoms with van der Waals surface area (Å²) in [6.07, 6.45) is 1.63. The highest BCUT2D eigenvalue weighted by molar-refractivity contribution is 6.30. The van der Waals surface area contributed by atoms with Crippen molar-refractivity contribution >= 4 is 23.4 Å². The van der Waals surface area contributed by atoms with E-state index in [-0.39, 0.29) is 6.03 Å². The summed E-state index contributed by atoms with van der Waals surface area (Å²) >= 11 is 6.02. The molecule has 1 aliphatic rings. The fraction of sp³-hybridized carbons (Fsp3) is 0.412. The molecule has 0 aliphatic heterocycles. The number of urea groups is 1. The molecule has 0 saturated heterocycles. The highest BCUT2D eigenvalue weighted by atomic mass is 35.5. The minimum Gasteiger partial charge on any atom is -0.391 e. The third kappa shape index (κ3) is 3.88. The SMILES string of the molecule is Cc1cc(NC(=O)N(C)CC(O)C2CC2)nn1-c1cccc(Cl)c1. The maximum atomic E-state index is 12.2. The molecule has 0 radical (unpaired) electrons. The quantitative estimate of drug-likeness (QED) is 0.872. The van der Waals surface area contributed by atoms with E-state index in [1.807, 2.05) is 25.1 Å². The number of benzene rings is 1. The lowest BCUT2D eigenvalue weighted by atomic mass is 10.2. The number of carbonyl (C=O) groups is 1. The van der Waals surface area contributed by atoms with Gasteiger partial charge < -0.3 is 10.0 Å². The molecule has 1 aliphatic carbocycles. The molecule has 1 heterocycles. The number of amides is 2. The van der Waals surface area contributed by atoms with Gasteiger partial charge in [-0.3, -0.25) is 5.32 Å². The molecule has 1 aromatic carbocycles. The average molecular weight is 349 g/mol. The van der Waals surface area contributed by atoms with Crippen LogP contribution in [0.3, 0.4) is 0 Å². The van der Waals surface area contributed by atoms with E-state index in [4.69, 9.17) is 11.6 Å². The Balaban J connectivity index is 1.67. The molecule has 1 aromatic heterocycles. The van der Waals surface area contributed by atoms with Gasteiger partial charge in [0, 0.05) is 30.4 Å². The topological polar surface area (TPSA) is 70.4 Å². The van der Waals surface area contributed by atoms with Crippen molar-refractivity contribution < 1.29 is 9.90 Å². The lowest BCUT2D eigenvalue weighted by Gasteiger charge is -2.20. The molecule has 7 heteroatoms. The Kier molecular flexibility index (Phi) is 4.78. The first kappa shape index (κ1) is 16.8. The Labute approximate surface area is 146 Å². The molecule has 6 nitrogen and oxygen atoms in total. The van der Waals surface area contributed by atoms with E-state index in [0.717, 1.165) is 24.2 Å². The summed E-state index contributed by atoms with van der Waals surface area (Å²) in [6.45, 7) is 2.23. The fourth-order valence-corrected chi connectivity index (χ4v) is 2.79. The van der Waals surface area contributed by atoms with Crippen LogP contribution in [-0.2, 0) is 0 Å². The van der Waals surface area contributed by atoms with E-state index in [9.17, 15) is 9.90 Å². The first-order valence-electron chi connectivity index (χ1n) is 7.97. The summed E-state index contributed by atoms with van der Waals surface area (Å²) in [6, 6.07) is 8.87. The molecule has 2 amide bonds. The van der Waals surface area contributed by atoms with Crippen LogP contribution in [0.2, 0.25) is 5.02 Å². The summed E-state index contributed by atoms with van der Waals surface area (Å²) < 4.78 is 1.72. The number of aliphatic hydroxyl groups is 1. The van der Waals surface area contributed by atoms with Gasteiger partial charge in [-0.15, -0.1) is 5.10 Å². The van der Waals surface area contributed by atoms with Crippen LogP contribution in [0.1, 0.15) is 18.5 Å². The number of carbonyl (C=O) groups excluding carboxylic acids is 1. The minimum atomic E-state index is -0.452. The molecule has 24 heavy (non-hydrogen) atoms. The molecule has 1 atom stereocenters. The van der Waals surface area contributed by atoms with E-state index in [2.05, 4.69) is 10.4 Å². The number of rotatable bonds is 5. The number of nitrogens with one attached hydrogen (secondary N) is 1. The summed E-state index contributed by atoms with van der Waals surface area (Å²) in [4.78, 5) is 13.7. The summed E-state index contributed by atoms with van der Waals surface area (Å²) in [5.74, 6) is 0.801. The molecule has 1 fully saturated rings. The van der Waals surface area contributed by atoms with Gasteiger partial charge in [-0.1, -0.05) is 17.7 Å². The number of hydrogen-bond donors (Lipinski definition) is 2. The highest BCUT2D eigenvalue weighted by Crippen LogP contribution is 2.32. The predicted molar refractivity (Wildman–Crippen MR) is 93.7 cm³/mol. The second-order valence-corrected chi connectivity index (χ2v) is 6.71. The Morgan fingerprint density at radius 1 is 1.50 bits per heavy atom. The molecule has 2 aromatic rings. The first-order valence-corrected chi connectivity index (χ1v) is 8.34. The van der Waals surface area contributed by atoms with Gasteiger partial charge in [-0.2, -0.15) is 0 Å². The van der Waals surface area contributed by atoms with Crippen LogP contribution in [0.25, 0.3) is 5.69 Å². The van der Waals surface area contributed by atoms with Gasteiger partial charge in [0.2, 0.25) is 0 Å². The van der Waals surface area contributed by atoms with Crippen LogP contribution in [-0.4, -0.2) is 45.5 Å². The zero-order valence-corrected chi connectivity index (χ0v) is 14.5. The van der Waals surface area contributed by atoms with Gasteiger partial charge in [0.25, 0.3) is 0 Å². The van der Waals surface area contributed by atoms with Crippen LogP contribution in [0.5, 0.6) is 0 Å². The number of aryl methyl sites for hydroxylation is 1. The van der Waals surface area contributed by atoms with Crippen LogP contribution in [0.15, 0.2) is 30.3 Å². The second-order valence-electron chi connectivity index (χ2n) is 6.28. The normalized spacial score (nSPS) is 15.2. The predicted octanol–water partition coefficient (Wildman–Crippen LogP) is 3.07. The van der Waals surface area contributed by atoms with Crippen molar-refractivity contribution in [2.75, 3.05) is 18.9 Å². The van der Waals surface area contributed by atoms with Crippen molar-refractivity contribution in [2.24, 2.45) is 5.92 Å². The Bertz CT molecular complexity index is 742. The molecular formula is C17H21ClN4O2. The zero-order chi connectivity index (χ0) is 17.3. The smallest absolute Gasteiger partial charge is 0.322 e. The minimum absolute atomic E-state index is 0.287. The number of aromatic nitrogens is 2. The first-order chi connectivity index (χ1) is 11.4. The maximum Gasteiger partial charge on any atom is 0.322 e. The van der Waals surface area contributed by atoms with Crippen LogP contribution in [0.4, 0.5) is 10.6 Å². The lowest BCUT2D eigenvalue weighted by molar-refractivity contribution is 0.117. The third-order valence-corrected chi connectivity index (χ3v) is 4.38. The highest BCUT2D eigenvalue weighted by Gasteiger charge is 2.31. The Morgan fingerprint density at radius 2 is 2.25 bits per heavy atom. The number of nitrogens with zero attached hydrogens (tertiary/aromatic N) is 3. The van der Waals surface area contributed by atoms with E-state index in [1.54, 1.807) is 23.9 Å². The number of anilines is 1. The van der Waals surface area contributed by atoms with Crippen LogP contribution in [0, 0.1) is 12.8 Å². The standard InChI is InChI=1S/C17H21ClN4O2/c1-11-8-16(20-22(11)14-5-3-4-13(18)9-14)19-17(24)21(2)10-15(23)12-6-7-12/h3-5,8-9,12,15,23H,6-7,10H2,1-2H3,(H,19,20,24). The fourth-order valence-electron chi connectivity index (χ4n) is 2.60.